The number of hydrogen-bond acceptors (Lipinski definition) is 7. The zero-order valence-corrected chi connectivity index (χ0v) is 19.8. The quantitative estimate of drug-likeness (QED) is 0.519. The molecular formula is C24H25N5O4S. The predicted octanol–water partition coefficient (Wildman–Crippen LogP) is 3.75. The topological polar surface area (TPSA) is 126 Å². The van der Waals surface area contributed by atoms with Gasteiger partial charge in [-0.2, -0.15) is 10.1 Å². The lowest BCUT2D eigenvalue weighted by molar-refractivity contribution is -0.129. The first-order valence-electron chi connectivity index (χ1n) is 10.4. The molecule has 0 bridgehead atoms. The molecule has 2 aromatic carbocycles. The van der Waals surface area contributed by atoms with Crippen LogP contribution in [0.15, 0.2) is 59.7 Å². The number of carbonyl (C=O) groups excluding carboxylic acids is 2. The molecule has 1 atom stereocenters. The molecule has 0 saturated carbocycles. The van der Waals surface area contributed by atoms with Gasteiger partial charge >= 0.3 is 5.97 Å². The molecular weight excluding hydrogens is 454 g/mol. The first-order chi connectivity index (χ1) is 16.1. The Hall–Kier alpha value is -3.92. The van der Waals surface area contributed by atoms with Crippen LogP contribution >= 0.6 is 11.8 Å². The fourth-order valence-corrected chi connectivity index (χ4v) is 3.95. The molecule has 0 unspecified atom stereocenters. The van der Waals surface area contributed by atoms with E-state index in [9.17, 15) is 14.4 Å². The number of carbonyl (C=O) groups is 3. The van der Waals surface area contributed by atoms with E-state index in [1.54, 1.807) is 13.0 Å². The number of allylic oxidation sites excluding steroid dienone is 1. The van der Waals surface area contributed by atoms with Crippen LogP contribution in [0.5, 0.6) is 0 Å². The highest BCUT2D eigenvalue weighted by atomic mass is 32.2. The summed E-state index contributed by atoms with van der Waals surface area (Å²) in [5.74, 6) is -1.95. The molecule has 34 heavy (non-hydrogen) atoms. The normalized spacial score (nSPS) is 16.6. The number of hydrazone groups is 1. The number of carboxylic acid groups (broad SMARTS) is 1. The van der Waals surface area contributed by atoms with E-state index >= 15 is 0 Å². The summed E-state index contributed by atoms with van der Waals surface area (Å²) in [6.45, 7) is 1.73. The molecule has 1 heterocycles. The van der Waals surface area contributed by atoms with E-state index in [0.29, 0.717) is 11.4 Å². The van der Waals surface area contributed by atoms with Gasteiger partial charge in [-0.05, 0) is 55.0 Å². The molecule has 3 rings (SSSR count). The maximum absolute atomic E-state index is 12.6. The molecule has 1 aliphatic rings. The minimum atomic E-state index is -1.06. The van der Waals surface area contributed by atoms with Gasteiger partial charge in [0.2, 0.25) is 5.91 Å². The van der Waals surface area contributed by atoms with Crippen LogP contribution in [0.25, 0.3) is 6.08 Å². The number of nitrogens with zero attached hydrogens (tertiary/aromatic N) is 3. The van der Waals surface area contributed by atoms with E-state index in [2.05, 4.69) is 10.4 Å². The molecule has 0 radical (unpaired) electrons. The summed E-state index contributed by atoms with van der Waals surface area (Å²) in [6.07, 6.45) is 3.52. The summed E-state index contributed by atoms with van der Waals surface area (Å²) >= 11 is 0.941. The number of aromatic carboxylic acids is 1. The Kier molecular flexibility index (Phi) is 7.85. The zero-order valence-electron chi connectivity index (χ0n) is 19.0. The Labute approximate surface area is 201 Å². The average molecular weight is 480 g/mol. The third-order valence-corrected chi connectivity index (χ3v) is 5.98. The number of carboxylic acids is 1. The van der Waals surface area contributed by atoms with Gasteiger partial charge in [0, 0.05) is 25.5 Å². The summed E-state index contributed by atoms with van der Waals surface area (Å²) in [5.41, 5.74) is 3.11. The van der Waals surface area contributed by atoms with Crippen LogP contribution in [0, 0.1) is 5.41 Å². The summed E-state index contributed by atoms with van der Waals surface area (Å²) < 4.78 is 0. The van der Waals surface area contributed by atoms with Crippen molar-refractivity contribution in [2.45, 2.75) is 18.6 Å². The van der Waals surface area contributed by atoms with Gasteiger partial charge in [0.25, 0.3) is 5.91 Å². The number of benzene rings is 2. The summed E-state index contributed by atoms with van der Waals surface area (Å²) in [5, 5.41) is 24.1. The Bertz CT molecular complexity index is 1140. The van der Waals surface area contributed by atoms with Crippen molar-refractivity contribution in [1.29, 1.82) is 5.41 Å². The van der Waals surface area contributed by atoms with Crippen LogP contribution in [0.1, 0.15) is 29.3 Å². The van der Waals surface area contributed by atoms with Crippen molar-refractivity contribution in [3.05, 3.63) is 65.7 Å². The lowest BCUT2D eigenvalue weighted by Crippen LogP contribution is -2.42. The van der Waals surface area contributed by atoms with Gasteiger partial charge in [0.15, 0.2) is 5.17 Å². The number of nitrogens with one attached hydrogen (secondary N) is 2. The minimum absolute atomic E-state index is 0.102. The van der Waals surface area contributed by atoms with Gasteiger partial charge in [0.05, 0.1) is 17.7 Å². The number of anilines is 2. The van der Waals surface area contributed by atoms with Crippen molar-refractivity contribution in [3.8, 4) is 0 Å². The third kappa shape index (κ3) is 6.32. The van der Waals surface area contributed by atoms with Gasteiger partial charge in [0.1, 0.15) is 5.25 Å². The first kappa shape index (κ1) is 24.7. The molecule has 176 valence electrons. The summed E-state index contributed by atoms with van der Waals surface area (Å²) in [7, 11) is 3.94. The maximum atomic E-state index is 12.6. The van der Waals surface area contributed by atoms with E-state index in [-0.39, 0.29) is 17.2 Å². The number of thioether (sulfide) groups is 1. The van der Waals surface area contributed by atoms with Crippen molar-refractivity contribution in [1.82, 2.24) is 5.01 Å². The second-order valence-electron chi connectivity index (χ2n) is 7.75. The minimum Gasteiger partial charge on any atom is -0.478 e. The molecule has 1 saturated heterocycles. The first-order valence-corrected chi connectivity index (χ1v) is 11.2. The second kappa shape index (κ2) is 10.8. The van der Waals surface area contributed by atoms with Crippen molar-refractivity contribution in [2.24, 2.45) is 5.10 Å². The number of amidine groups is 1. The second-order valence-corrected chi connectivity index (χ2v) is 8.95. The smallest absolute Gasteiger partial charge is 0.335 e. The van der Waals surface area contributed by atoms with Crippen molar-refractivity contribution >= 4 is 57.9 Å². The zero-order chi connectivity index (χ0) is 24.8. The van der Waals surface area contributed by atoms with E-state index in [1.807, 2.05) is 49.3 Å². The Balaban J connectivity index is 1.60. The van der Waals surface area contributed by atoms with Crippen LogP contribution in [-0.2, 0) is 9.59 Å². The fraction of sp³-hybridized carbons (Fsp3) is 0.208. The van der Waals surface area contributed by atoms with E-state index in [0.717, 1.165) is 28.0 Å². The molecule has 3 N–H and O–H groups in total. The Morgan fingerprint density at radius 1 is 1.18 bits per heavy atom. The van der Waals surface area contributed by atoms with Crippen LogP contribution in [0.2, 0.25) is 0 Å². The molecule has 1 aliphatic heterocycles. The summed E-state index contributed by atoms with van der Waals surface area (Å²) in [4.78, 5) is 38.1. The van der Waals surface area contributed by atoms with Crippen LogP contribution in [-0.4, -0.2) is 58.1 Å². The average Bonchev–Trinajstić information content (AvgIpc) is 2.80. The molecule has 0 aliphatic carbocycles. The number of rotatable bonds is 7. The standard InChI is InChI=1S/C24H25N5O4S/c1-15(4-5-16-6-12-19(13-7-16)28(2)3)27-29-21(30)14-20(34-24(29)25)22(31)26-18-10-8-17(9-11-18)23(32)33/h4-13,20,25H,14H2,1-3H3,(H,26,31)(H,32,33)/b5-4+,25-24?,27-15?/t20-/m0/s1. The highest BCUT2D eigenvalue weighted by molar-refractivity contribution is 8.14. The van der Waals surface area contributed by atoms with E-state index < -0.39 is 23.0 Å². The van der Waals surface area contributed by atoms with Gasteiger partial charge in [-0.15, -0.1) is 0 Å². The van der Waals surface area contributed by atoms with E-state index in [1.165, 1.54) is 24.3 Å². The van der Waals surface area contributed by atoms with Gasteiger partial charge in [-0.25, -0.2) is 4.79 Å². The molecule has 10 heteroatoms. The number of amides is 2. The monoisotopic (exact) mass is 479 g/mol. The molecule has 0 aromatic heterocycles. The predicted molar refractivity (Wildman–Crippen MR) is 136 cm³/mol. The molecule has 2 amide bonds. The SMILES string of the molecule is CC(/C=C/c1ccc(N(C)C)cc1)=NN1C(=N)S[C@H](C(=O)Nc2ccc(C(=O)O)cc2)CC1=O. The third-order valence-electron chi connectivity index (χ3n) is 4.92. The molecule has 9 nitrogen and oxygen atoms in total. The largest absolute Gasteiger partial charge is 0.478 e. The Morgan fingerprint density at radius 2 is 1.82 bits per heavy atom. The fourth-order valence-electron chi connectivity index (χ4n) is 3.04. The highest BCUT2D eigenvalue weighted by Gasteiger charge is 2.35. The van der Waals surface area contributed by atoms with Gasteiger partial charge < -0.3 is 15.3 Å². The Morgan fingerprint density at radius 3 is 2.38 bits per heavy atom. The van der Waals surface area contributed by atoms with Crippen LogP contribution < -0.4 is 10.2 Å². The lowest BCUT2D eigenvalue weighted by atomic mass is 10.1. The molecule has 1 fully saturated rings. The maximum Gasteiger partial charge on any atom is 0.335 e. The van der Waals surface area contributed by atoms with Crippen molar-refractivity contribution in [3.63, 3.8) is 0 Å². The highest BCUT2D eigenvalue weighted by Crippen LogP contribution is 2.27. The number of hydrogen-bond donors (Lipinski definition) is 3. The molecule has 0 spiro atoms. The summed E-state index contributed by atoms with van der Waals surface area (Å²) in [6, 6.07) is 13.6. The lowest BCUT2D eigenvalue weighted by Gasteiger charge is -2.27. The van der Waals surface area contributed by atoms with Crippen molar-refractivity contribution < 1.29 is 19.5 Å². The van der Waals surface area contributed by atoms with Gasteiger partial charge in [-0.1, -0.05) is 30.0 Å². The van der Waals surface area contributed by atoms with Crippen molar-refractivity contribution in [2.75, 3.05) is 24.3 Å². The van der Waals surface area contributed by atoms with Crippen LogP contribution in [0.3, 0.4) is 0 Å². The van der Waals surface area contributed by atoms with Gasteiger partial charge in [-0.3, -0.25) is 15.0 Å². The van der Waals surface area contributed by atoms with E-state index in [4.69, 9.17) is 10.5 Å². The molecule has 2 aromatic rings. The van der Waals surface area contributed by atoms with Crippen LogP contribution in [0.4, 0.5) is 11.4 Å².